The van der Waals surface area contributed by atoms with Gasteiger partial charge in [-0.2, -0.15) is 11.8 Å². The number of aliphatic hydroxyl groups is 1. The highest BCUT2D eigenvalue weighted by atomic mass is 32.2. The van der Waals surface area contributed by atoms with Gasteiger partial charge in [-0.25, -0.2) is 13.1 Å². The Morgan fingerprint density at radius 3 is 2.35 bits per heavy atom. The van der Waals surface area contributed by atoms with Gasteiger partial charge in [0.2, 0.25) is 10.0 Å². The van der Waals surface area contributed by atoms with E-state index in [1.165, 1.54) is 0 Å². The van der Waals surface area contributed by atoms with Crippen LogP contribution >= 0.6 is 11.8 Å². The van der Waals surface area contributed by atoms with Gasteiger partial charge in [-0.15, -0.1) is 13.2 Å². The second kappa shape index (κ2) is 8.79. The van der Waals surface area contributed by atoms with E-state index in [0.29, 0.717) is 12.8 Å². The van der Waals surface area contributed by atoms with E-state index in [4.69, 9.17) is 9.84 Å². The summed E-state index contributed by atoms with van der Waals surface area (Å²) in [5.41, 5.74) is -0.694. The molecule has 0 unspecified atom stereocenters. The fourth-order valence-electron chi connectivity index (χ4n) is 2.51. The second-order valence-corrected chi connectivity index (χ2v) is 8.70. The minimum absolute atomic E-state index is 0.0245. The van der Waals surface area contributed by atoms with Crippen LogP contribution in [0, 0.1) is 0 Å². The first-order chi connectivity index (χ1) is 12.2. The normalized spacial score (nSPS) is 17.8. The van der Waals surface area contributed by atoms with Gasteiger partial charge in [-0.05, 0) is 48.6 Å². The molecule has 0 amide bonds. The zero-order valence-corrected chi connectivity index (χ0v) is 15.4. The molecule has 148 valence electrons. The van der Waals surface area contributed by atoms with E-state index in [0.717, 1.165) is 35.8 Å². The molecule has 1 aliphatic heterocycles. The van der Waals surface area contributed by atoms with Gasteiger partial charge in [-0.1, -0.05) is 0 Å². The molecule has 6 nitrogen and oxygen atoms in total. The van der Waals surface area contributed by atoms with Gasteiger partial charge in [0.25, 0.3) is 0 Å². The number of halogens is 3. The minimum atomic E-state index is -4.84. The first-order valence-corrected chi connectivity index (χ1v) is 10.5. The number of benzene rings is 1. The highest BCUT2D eigenvalue weighted by Gasteiger charge is 2.35. The highest BCUT2D eigenvalue weighted by Crippen LogP contribution is 2.30. The molecule has 0 aromatic heterocycles. The molecule has 26 heavy (non-hydrogen) atoms. The number of ether oxygens (including phenoxy) is 2. The second-order valence-electron chi connectivity index (χ2n) is 5.71. The molecule has 0 bridgehead atoms. The van der Waals surface area contributed by atoms with Gasteiger partial charge in [0.1, 0.15) is 5.75 Å². The van der Waals surface area contributed by atoms with Crippen molar-refractivity contribution in [3.05, 3.63) is 24.3 Å². The summed E-state index contributed by atoms with van der Waals surface area (Å²) >= 11 is 1.74. The Morgan fingerprint density at radius 1 is 1.19 bits per heavy atom. The van der Waals surface area contributed by atoms with Crippen molar-refractivity contribution >= 4 is 21.8 Å². The Labute approximate surface area is 154 Å². The van der Waals surface area contributed by atoms with Crippen LogP contribution in [0.3, 0.4) is 0 Å². The molecule has 11 heteroatoms. The molecule has 1 fully saturated rings. The molecule has 1 aromatic carbocycles. The van der Waals surface area contributed by atoms with E-state index in [1.54, 1.807) is 11.8 Å². The highest BCUT2D eigenvalue weighted by molar-refractivity contribution is 7.99. The number of rotatable bonds is 8. The Bertz CT molecular complexity index is 674. The van der Waals surface area contributed by atoms with Gasteiger partial charge in [0.05, 0.1) is 23.7 Å². The summed E-state index contributed by atoms with van der Waals surface area (Å²) in [4.78, 5) is -0.172. The van der Waals surface area contributed by atoms with Crippen LogP contribution in [0.25, 0.3) is 0 Å². The van der Waals surface area contributed by atoms with Crippen molar-refractivity contribution in [3.8, 4) is 5.75 Å². The predicted octanol–water partition coefficient (Wildman–Crippen LogP) is 2.14. The lowest BCUT2D eigenvalue weighted by atomic mass is 9.97. The van der Waals surface area contributed by atoms with Crippen LogP contribution in [0.4, 0.5) is 13.2 Å². The Hall–Kier alpha value is -1.01. The average molecular weight is 415 g/mol. The number of hydrogen-bond donors (Lipinski definition) is 2. The van der Waals surface area contributed by atoms with Gasteiger partial charge in [-0.3, -0.25) is 0 Å². The quantitative estimate of drug-likeness (QED) is 0.677. The van der Waals surface area contributed by atoms with Crippen molar-refractivity contribution in [2.24, 2.45) is 0 Å². The first kappa shape index (κ1) is 21.3. The predicted molar refractivity (Wildman–Crippen MR) is 90.6 cm³/mol. The summed E-state index contributed by atoms with van der Waals surface area (Å²) in [7, 11) is -3.92. The molecule has 1 aromatic rings. The smallest absolute Gasteiger partial charge is 0.406 e. The van der Waals surface area contributed by atoms with Crippen molar-refractivity contribution in [1.82, 2.24) is 4.72 Å². The van der Waals surface area contributed by atoms with Gasteiger partial charge >= 0.3 is 6.36 Å². The summed E-state index contributed by atoms with van der Waals surface area (Å²) in [5, 5.41) is 8.96. The molecule has 0 aliphatic carbocycles. The lowest BCUT2D eigenvalue weighted by Crippen LogP contribution is -2.48. The average Bonchev–Trinajstić information content (AvgIpc) is 2.58. The van der Waals surface area contributed by atoms with E-state index in [9.17, 15) is 21.6 Å². The minimum Gasteiger partial charge on any atom is -0.406 e. The van der Waals surface area contributed by atoms with Crippen LogP contribution in [0.15, 0.2) is 29.2 Å². The van der Waals surface area contributed by atoms with Crippen molar-refractivity contribution in [2.75, 3.05) is 31.3 Å². The molecular formula is C15H20F3NO5S2. The molecule has 2 rings (SSSR count). The molecule has 0 spiro atoms. The summed E-state index contributed by atoms with van der Waals surface area (Å²) < 4.78 is 73.2. The number of thioether (sulfide) groups is 1. The van der Waals surface area contributed by atoms with Crippen LogP contribution in [0.1, 0.15) is 12.8 Å². The van der Waals surface area contributed by atoms with Crippen molar-refractivity contribution in [2.45, 2.75) is 29.7 Å². The van der Waals surface area contributed by atoms with Crippen molar-refractivity contribution in [1.29, 1.82) is 0 Å². The number of aliphatic hydroxyl groups excluding tert-OH is 1. The third-order valence-corrected chi connectivity index (χ3v) is 6.26. The number of hydrogen-bond acceptors (Lipinski definition) is 6. The van der Waals surface area contributed by atoms with Crippen LogP contribution in [0.5, 0.6) is 5.75 Å². The summed E-state index contributed by atoms with van der Waals surface area (Å²) in [6, 6.07) is 3.97. The van der Waals surface area contributed by atoms with E-state index in [1.807, 2.05) is 0 Å². The third kappa shape index (κ3) is 6.31. The lowest BCUT2D eigenvalue weighted by molar-refractivity contribution is -0.274. The molecule has 1 heterocycles. The van der Waals surface area contributed by atoms with Gasteiger partial charge in [0.15, 0.2) is 0 Å². The Kier molecular flexibility index (Phi) is 7.19. The van der Waals surface area contributed by atoms with E-state index < -0.39 is 27.7 Å². The third-order valence-electron chi connectivity index (χ3n) is 3.86. The Balaban J connectivity index is 2.04. The summed E-state index contributed by atoms with van der Waals surface area (Å²) in [6.07, 6.45) is -3.56. The standard InChI is InChI=1S/C15H20F3NO5S2/c16-15(17,18)24-12-1-3-13(4-2-12)26(21,22)19-11-14(23-8-7-20)5-9-25-10-6-14/h1-4,19-20H,5-11H2. The van der Waals surface area contributed by atoms with Gasteiger partial charge in [0, 0.05) is 6.54 Å². The lowest BCUT2D eigenvalue weighted by Gasteiger charge is -2.37. The SMILES string of the molecule is O=S(=O)(NCC1(OCCO)CCSCC1)c1ccc(OC(F)(F)F)cc1. The first-order valence-electron chi connectivity index (χ1n) is 7.84. The molecule has 0 radical (unpaired) electrons. The molecule has 2 N–H and O–H groups in total. The fraction of sp³-hybridized carbons (Fsp3) is 0.600. The zero-order chi connectivity index (χ0) is 19.3. The number of alkyl halides is 3. The Morgan fingerprint density at radius 2 is 1.81 bits per heavy atom. The van der Waals surface area contributed by atoms with E-state index in [2.05, 4.69) is 9.46 Å². The van der Waals surface area contributed by atoms with Crippen LogP contribution in [0.2, 0.25) is 0 Å². The van der Waals surface area contributed by atoms with E-state index >= 15 is 0 Å². The maximum absolute atomic E-state index is 12.4. The molecule has 1 saturated heterocycles. The molecule has 0 atom stereocenters. The topological polar surface area (TPSA) is 84.9 Å². The van der Waals surface area contributed by atoms with Crippen LogP contribution < -0.4 is 9.46 Å². The fourth-order valence-corrected chi connectivity index (χ4v) is 4.86. The summed E-state index contributed by atoms with van der Waals surface area (Å²) in [6.45, 7) is -0.0329. The van der Waals surface area contributed by atoms with Crippen molar-refractivity contribution in [3.63, 3.8) is 0 Å². The van der Waals surface area contributed by atoms with Crippen molar-refractivity contribution < 1.29 is 36.2 Å². The molecule has 0 saturated carbocycles. The van der Waals surface area contributed by atoms with Crippen LogP contribution in [-0.4, -0.2) is 56.8 Å². The monoisotopic (exact) mass is 415 g/mol. The van der Waals surface area contributed by atoms with Gasteiger partial charge < -0.3 is 14.6 Å². The van der Waals surface area contributed by atoms with E-state index in [-0.39, 0.29) is 24.7 Å². The largest absolute Gasteiger partial charge is 0.573 e. The number of sulfonamides is 1. The zero-order valence-electron chi connectivity index (χ0n) is 13.8. The maximum atomic E-state index is 12.4. The summed E-state index contributed by atoms with van der Waals surface area (Å²) in [5.74, 6) is 1.14. The maximum Gasteiger partial charge on any atom is 0.573 e. The molecule has 1 aliphatic rings. The number of nitrogens with one attached hydrogen (secondary N) is 1. The molecular weight excluding hydrogens is 395 g/mol. The van der Waals surface area contributed by atoms with Crippen LogP contribution in [-0.2, 0) is 14.8 Å².